The third kappa shape index (κ3) is 4.13. The number of nitrogens with one attached hydrogen (secondary N) is 1. The molecule has 3 aromatic carbocycles. The van der Waals surface area contributed by atoms with Crippen molar-refractivity contribution in [2.75, 3.05) is 4.72 Å². The smallest absolute Gasteiger partial charge is 0.261 e. The fourth-order valence-electron chi connectivity index (χ4n) is 2.72. The second-order valence-electron chi connectivity index (χ2n) is 6.39. The number of nitrogens with zero attached hydrogens (tertiary/aromatic N) is 1. The largest absolute Gasteiger partial charge is 0.280 e. The molecule has 0 bridgehead atoms. The quantitative estimate of drug-likeness (QED) is 0.471. The Labute approximate surface area is 168 Å². The van der Waals surface area contributed by atoms with E-state index in [9.17, 15) is 8.42 Å². The second kappa shape index (κ2) is 7.58. The van der Waals surface area contributed by atoms with Gasteiger partial charge in [0.25, 0.3) is 10.0 Å². The van der Waals surface area contributed by atoms with E-state index >= 15 is 0 Å². The first-order valence-corrected chi connectivity index (χ1v) is 11.0. The SMILES string of the molecule is Cc1ccc(S(=O)(=O)Nc2ccc(/C=C/c3nc4ccccc4s3)cc2)cc1. The van der Waals surface area contributed by atoms with Gasteiger partial charge in [0, 0.05) is 5.69 Å². The molecular formula is C22H18N2O2S2. The van der Waals surface area contributed by atoms with E-state index in [2.05, 4.69) is 15.8 Å². The van der Waals surface area contributed by atoms with Gasteiger partial charge >= 0.3 is 0 Å². The maximum absolute atomic E-state index is 12.5. The molecule has 0 saturated heterocycles. The van der Waals surface area contributed by atoms with E-state index in [1.807, 2.05) is 49.4 Å². The summed E-state index contributed by atoms with van der Waals surface area (Å²) in [6.45, 7) is 1.92. The zero-order chi connectivity index (χ0) is 19.6. The van der Waals surface area contributed by atoms with Crippen molar-refractivity contribution in [3.8, 4) is 0 Å². The number of anilines is 1. The molecule has 0 saturated carbocycles. The van der Waals surface area contributed by atoms with E-state index < -0.39 is 10.0 Å². The van der Waals surface area contributed by atoms with Crippen molar-refractivity contribution in [2.45, 2.75) is 11.8 Å². The minimum Gasteiger partial charge on any atom is -0.280 e. The van der Waals surface area contributed by atoms with Gasteiger partial charge in [-0.1, -0.05) is 48.0 Å². The Bertz CT molecular complexity index is 1210. The molecule has 0 fully saturated rings. The molecule has 0 atom stereocenters. The molecule has 1 N–H and O–H groups in total. The van der Waals surface area contributed by atoms with Gasteiger partial charge in [-0.2, -0.15) is 0 Å². The molecule has 28 heavy (non-hydrogen) atoms. The summed E-state index contributed by atoms with van der Waals surface area (Å²) in [5.74, 6) is 0. The van der Waals surface area contributed by atoms with Gasteiger partial charge in [0.05, 0.1) is 15.1 Å². The van der Waals surface area contributed by atoms with E-state index in [4.69, 9.17) is 0 Å². The lowest BCUT2D eigenvalue weighted by molar-refractivity contribution is 0.601. The van der Waals surface area contributed by atoms with Gasteiger partial charge in [-0.3, -0.25) is 4.72 Å². The number of sulfonamides is 1. The van der Waals surface area contributed by atoms with Crippen LogP contribution in [0.2, 0.25) is 0 Å². The number of hydrogen-bond acceptors (Lipinski definition) is 4. The molecule has 0 aliphatic carbocycles. The lowest BCUT2D eigenvalue weighted by atomic mass is 10.2. The summed E-state index contributed by atoms with van der Waals surface area (Å²) >= 11 is 1.64. The normalized spacial score (nSPS) is 11.9. The Morgan fingerprint density at radius 3 is 2.32 bits per heavy atom. The van der Waals surface area contributed by atoms with E-state index in [0.717, 1.165) is 26.4 Å². The summed E-state index contributed by atoms with van der Waals surface area (Å²) < 4.78 is 28.7. The molecule has 6 heteroatoms. The van der Waals surface area contributed by atoms with Gasteiger partial charge in [-0.15, -0.1) is 11.3 Å². The van der Waals surface area contributed by atoms with Crippen LogP contribution in [0.3, 0.4) is 0 Å². The maximum Gasteiger partial charge on any atom is 0.261 e. The first kappa shape index (κ1) is 18.4. The molecule has 1 aromatic heterocycles. The van der Waals surface area contributed by atoms with Gasteiger partial charge in [-0.25, -0.2) is 13.4 Å². The molecule has 0 aliphatic rings. The fraction of sp³-hybridized carbons (Fsp3) is 0.0455. The molecular weight excluding hydrogens is 388 g/mol. The Hall–Kier alpha value is -2.96. The minimum absolute atomic E-state index is 0.248. The van der Waals surface area contributed by atoms with Crippen LogP contribution in [0.25, 0.3) is 22.4 Å². The molecule has 4 nitrogen and oxygen atoms in total. The molecule has 140 valence electrons. The van der Waals surface area contributed by atoms with Crippen molar-refractivity contribution in [3.63, 3.8) is 0 Å². The molecule has 0 radical (unpaired) electrons. The van der Waals surface area contributed by atoms with Crippen LogP contribution in [0.5, 0.6) is 0 Å². The first-order chi connectivity index (χ1) is 13.5. The Morgan fingerprint density at radius 1 is 0.893 bits per heavy atom. The number of benzene rings is 3. The van der Waals surface area contributed by atoms with E-state index in [1.165, 1.54) is 0 Å². The van der Waals surface area contributed by atoms with E-state index in [-0.39, 0.29) is 4.90 Å². The van der Waals surface area contributed by atoms with Gasteiger partial charge in [0.2, 0.25) is 0 Å². The summed E-state index contributed by atoms with van der Waals surface area (Å²) in [4.78, 5) is 4.82. The molecule has 0 spiro atoms. The third-order valence-corrected chi connectivity index (χ3v) is 6.62. The topological polar surface area (TPSA) is 59.1 Å². The first-order valence-electron chi connectivity index (χ1n) is 8.73. The summed E-state index contributed by atoms with van der Waals surface area (Å²) in [5.41, 5.74) is 3.51. The van der Waals surface area contributed by atoms with Gasteiger partial charge in [0.15, 0.2) is 0 Å². The van der Waals surface area contributed by atoms with Crippen molar-refractivity contribution in [1.29, 1.82) is 0 Å². The molecule has 4 aromatic rings. The van der Waals surface area contributed by atoms with Gasteiger partial charge in [0.1, 0.15) is 5.01 Å². The van der Waals surface area contributed by atoms with Gasteiger partial charge in [-0.05, 0) is 55.0 Å². The minimum atomic E-state index is -3.59. The van der Waals surface area contributed by atoms with Crippen molar-refractivity contribution >= 4 is 49.4 Å². The van der Waals surface area contributed by atoms with Crippen LogP contribution >= 0.6 is 11.3 Å². The molecule has 0 amide bonds. The second-order valence-corrected chi connectivity index (χ2v) is 9.14. The average molecular weight is 407 g/mol. The van der Waals surface area contributed by atoms with Crippen molar-refractivity contribution in [1.82, 2.24) is 4.98 Å². The summed E-state index contributed by atoms with van der Waals surface area (Å²) in [6, 6.07) is 22.1. The lowest BCUT2D eigenvalue weighted by Crippen LogP contribution is -2.12. The Balaban J connectivity index is 1.48. The van der Waals surface area contributed by atoms with Crippen molar-refractivity contribution in [3.05, 3.63) is 88.9 Å². The number of aryl methyl sites for hydroxylation is 1. The highest BCUT2D eigenvalue weighted by Gasteiger charge is 2.13. The summed E-state index contributed by atoms with van der Waals surface area (Å²) in [5, 5.41) is 0.936. The average Bonchev–Trinajstić information content (AvgIpc) is 3.10. The summed E-state index contributed by atoms with van der Waals surface area (Å²) in [7, 11) is -3.59. The highest BCUT2D eigenvalue weighted by Crippen LogP contribution is 2.23. The number of thiazole rings is 1. The zero-order valence-electron chi connectivity index (χ0n) is 15.2. The highest BCUT2D eigenvalue weighted by molar-refractivity contribution is 7.92. The Morgan fingerprint density at radius 2 is 1.61 bits per heavy atom. The lowest BCUT2D eigenvalue weighted by Gasteiger charge is -2.08. The monoisotopic (exact) mass is 406 g/mol. The predicted octanol–water partition coefficient (Wildman–Crippen LogP) is 5.58. The Kier molecular flexibility index (Phi) is 4.98. The standard InChI is InChI=1S/C22H18N2O2S2/c1-16-6-13-19(14-7-16)28(25,26)24-18-11-8-17(9-12-18)10-15-22-23-20-4-2-3-5-21(20)27-22/h2-15,24H,1H3/b15-10+. The molecule has 4 rings (SSSR count). The number of rotatable bonds is 5. The highest BCUT2D eigenvalue weighted by atomic mass is 32.2. The fourth-order valence-corrected chi connectivity index (χ4v) is 4.65. The third-order valence-electron chi connectivity index (χ3n) is 4.22. The number of para-hydroxylation sites is 1. The van der Waals surface area contributed by atoms with E-state index in [0.29, 0.717) is 5.69 Å². The van der Waals surface area contributed by atoms with Gasteiger partial charge < -0.3 is 0 Å². The van der Waals surface area contributed by atoms with Crippen LogP contribution < -0.4 is 4.72 Å². The van der Waals surface area contributed by atoms with Crippen LogP contribution in [0.4, 0.5) is 5.69 Å². The molecule has 0 aliphatic heterocycles. The number of aromatic nitrogens is 1. The van der Waals surface area contributed by atoms with Crippen LogP contribution in [0.1, 0.15) is 16.1 Å². The zero-order valence-corrected chi connectivity index (χ0v) is 16.8. The van der Waals surface area contributed by atoms with Crippen molar-refractivity contribution in [2.24, 2.45) is 0 Å². The maximum atomic E-state index is 12.5. The number of hydrogen-bond donors (Lipinski definition) is 1. The molecule has 0 unspecified atom stereocenters. The predicted molar refractivity (Wildman–Crippen MR) is 117 cm³/mol. The van der Waals surface area contributed by atoms with E-state index in [1.54, 1.807) is 47.7 Å². The number of fused-ring (bicyclic) bond motifs is 1. The van der Waals surface area contributed by atoms with Crippen LogP contribution in [-0.4, -0.2) is 13.4 Å². The van der Waals surface area contributed by atoms with Crippen molar-refractivity contribution < 1.29 is 8.42 Å². The van der Waals surface area contributed by atoms with Crippen LogP contribution in [0.15, 0.2) is 77.7 Å². The van der Waals surface area contributed by atoms with Crippen LogP contribution in [-0.2, 0) is 10.0 Å². The summed E-state index contributed by atoms with van der Waals surface area (Å²) in [6.07, 6.45) is 3.94. The molecule has 1 heterocycles. The van der Waals surface area contributed by atoms with Crippen LogP contribution in [0, 0.1) is 6.92 Å².